The quantitative estimate of drug-likeness (QED) is 0.639. The second kappa shape index (κ2) is 4.24. The fourth-order valence-corrected chi connectivity index (χ4v) is 6.53. The number of allylic oxidation sites excluding steroid dienone is 8. The van der Waals surface area contributed by atoms with Gasteiger partial charge >= 0.3 is 97.7 Å². The number of alkyl halides is 3. The van der Waals surface area contributed by atoms with E-state index in [0.29, 0.717) is 9.75 Å². The molecule has 0 aromatic carbocycles. The Bertz CT molecular complexity index is 392. The van der Waals surface area contributed by atoms with Crippen LogP contribution in [0.25, 0.3) is 0 Å². The Kier molecular flexibility index (Phi) is 3.14. The predicted molar refractivity (Wildman–Crippen MR) is 50.9 cm³/mol. The molecule has 0 aromatic heterocycles. The van der Waals surface area contributed by atoms with Gasteiger partial charge in [0.05, 0.1) is 0 Å². The smallest absolute Gasteiger partial charge is 1.00 e. The monoisotopic (exact) mass is 380 g/mol. The largest absolute Gasteiger partial charge is 1.00 e. The molecule has 0 amide bonds. The van der Waals surface area contributed by atoms with Crippen molar-refractivity contribution in [3.63, 3.8) is 0 Å². The van der Waals surface area contributed by atoms with Crippen LogP contribution in [0.2, 0.25) is 0 Å². The van der Waals surface area contributed by atoms with Crippen molar-refractivity contribution in [3.05, 3.63) is 42.6 Å². The second-order valence-electron chi connectivity index (χ2n) is 3.45. The Morgan fingerprint density at radius 1 is 1.20 bits per heavy atom. The molecule has 0 N–H and O–H groups in total. The maximum atomic E-state index is 12.6. The second-order valence-corrected chi connectivity index (χ2v) is 8.82. The first-order valence-electron chi connectivity index (χ1n) is 4.67. The molecular weight excluding hydrogens is 368 g/mol. The van der Waals surface area contributed by atoms with Gasteiger partial charge in [-0.3, -0.25) is 0 Å². The minimum absolute atomic E-state index is 0. The van der Waals surface area contributed by atoms with Crippen molar-refractivity contribution in [1.29, 1.82) is 0 Å². The predicted octanol–water partition coefficient (Wildman–Crippen LogP) is 3.91. The minimum Gasteiger partial charge on any atom is -1.00 e. The van der Waals surface area contributed by atoms with E-state index < -0.39 is 29.1 Å². The molecule has 0 heterocycles. The summed E-state index contributed by atoms with van der Waals surface area (Å²) < 4.78 is 39.7. The first kappa shape index (κ1) is 11.1. The summed E-state index contributed by atoms with van der Waals surface area (Å²) in [4.78, 5) is 0. The van der Waals surface area contributed by atoms with Gasteiger partial charge in [-0.25, -0.2) is 0 Å². The van der Waals surface area contributed by atoms with Crippen LogP contribution >= 0.6 is 0 Å². The Balaban J connectivity index is 0.00000128. The Morgan fingerprint density at radius 2 is 2.00 bits per heavy atom. The summed E-state index contributed by atoms with van der Waals surface area (Å²) in [7, 11) is 0. The third-order valence-corrected chi connectivity index (χ3v) is 7.59. The van der Waals surface area contributed by atoms with Crippen molar-refractivity contribution in [3.8, 4) is 0 Å². The summed E-state index contributed by atoms with van der Waals surface area (Å²) in [5.74, 6) is 0. The zero-order valence-electron chi connectivity index (χ0n) is 9.93. The summed E-state index contributed by atoms with van der Waals surface area (Å²) in [5.41, 5.74) is -0.362. The van der Waals surface area contributed by atoms with E-state index in [1.807, 2.05) is 18.2 Å². The van der Waals surface area contributed by atoms with Crippen molar-refractivity contribution >= 4 is 0 Å². The molecule has 0 spiro atoms. The van der Waals surface area contributed by atoms with Gasteiger partial charge in [-0.15, -0.1) is 0 Å². The molecule has 0 saturated carbocycles. The number of hydrogen-bond donors (Lipinski definition) is 0. The van der Waals surface area contributed by atoms with Crippen LogP contribution in [0.3, 0.4) is 0 Å². The van der Waals surface area contributed by atoms with Gasteiger partial charge in [0, 0.05) is 0 Å². The van der Waals surface area contributed by atoms with Crippen LogP contribution in [0, 0.1) is 0 Å². The molecule has 2 aliphatic carbocycles. The van der Waals surface area contributed by atoms with Crippen molar-refractivity contribution in [1.82, 2.24) is 0 Å². The number of hydrogen-bond acceptors (Lipinski definition) is 0. The summed E-state index contributed by atoms with van der Waals surface area (Å²) in [6, 6.07) is 0. The van der Waals surface area contributed by atoms with E-state index in [9.17, 15) is 13.2 Å². The van der Waals surface area contributed by atoms with Crippen molar-refractivity contribution in [2.24, 2.45) is 0 Å². The molecule has 2 rings (SSSR count). The van der Waals surface area contributed by atoms with Gasteiger partial charge in [-0.05, 0) is 0 Å². The molecule has 0 fully saturated rings. The molecule has 0 saturated heterocycles. The normalized spacial score (nSPS) is 20.1. The zero-order chi connectivity index (χ0) is 10.9. The van der Waals surface area contributed by atoms with Gasteiger partial charge in [-0.1, -0.05) is 0 Å². The van der Waals surface area contributed by atoms with Crippen LogP contribution in [0.5, 0.6) is 0 Å². The van der Waals surface area contributed by atoms with Gasteiger partial charge in [0.15, 0.2) is 0 Å². The Labute approximate surface area is 101 Å². The average molecular weight is 379 g/mol. The van der Waals surface area contributed by atoms with E-state index in [1.54, 1.807) is 6.08 Å². The fourth-order valence-electron chi connectivity index (χ4n) is 1.62. The molecule has 0 unspecified atom stereocenters. The molecule has 4 heteroatoms. The summed E-state index contributed by atoms with van der Waals surface area (Å²) >= 11 is -1.40. The van der Waals surface area contributed by atoms with Crippen LogP contribution in [-0.4, -0.2) is 6.18 Å². The molecule has 0 nitrogen and oxygen atoms in total. The molecule has 0 radical (unpaired) electrons. The Morgan fingerprint density at radius 3 is 2.60 bits per heavy atom. The van der Waals surface area contributed by atoms with E-state index in [4.69, 9.17) is 0 Å². The molecule has 15 heavy (non-hydrogen) atoms. The van der Waals surface area contributed by atoms with Gasteiger partial charge in [0.25, 0.3) is 0 Å². The minimum atomic E-state index is -4.15. The van der Waals surface area contributed by atoms with Gasteiger partial charge in [0.1, 0.15) is 0 Å². The molecule has 0 bridgehead atoms. The molecule has 0 atom stereocenters. The maximum Gasteiger partial charge on any atom is -1.00 e. The molecule has 2 aliphatic rings. The summed E-state index contributed by atoms with van der Waals surface area (Å²) in [6.45, 7) is 0. The van der Waals surface area contributed by atoms with Crippen molar-refractivity contribution in [2.75, 3.05) is 0 Å². The van der Waals surface area contributed by atoms with Crippen LogP contribution < -0.4 is 0 Å². The van der Waals surface area contributed by atoms with Crippen LogP contribution in [0.15, 0.2) is 42.6 Å². The molecule has 82 valence electrons. The molecular formula is C11H11F3Hf-2. The average Bonchev–Trinajstić information content (AvgIpc) is 2.73. The van der Waals surface area contributed by atoms with Gasteiger partial charge in [-0.2, -0.15) is 0 Å². The van der Waals surface area contributed by atoms with Gasteiger partial charge < -0.3 is 2.85 Å². The fraction of sp³-hybridized carbons (Fsp3) is 0.273. The van der Waals surface area contributed by atoms with E-state index in [1.165, 1.54) is 9.41 Å². The topological polar surface area (TPSA) is 0 Å². The van der Waals surface area contributed by atoms with E-state index in [0.717, 1.165) is 6.42 Å². The standard InChI is InChI=1S/C6H4F3.C5H5.Hf.2H/c7-6(8,9)5-3-1-2-4-5;1-2-4-5-3-1;;;/h1,3H,2H2;1-3H,4H2;;;/q;;;2*-1. The van der Waals surface area contributed by atoms with Crippen molar-refractivity contribution < 1.29 is 38.9 Å². The van der Waals surface area contributed by atoms with Crippen LogP contribution in [0.1, 0.15) is 15.7 Å². The maximum absolute atomic E-state index is 12.6. The first-order chi connectivity index (χ1) is 7.07. The van der Waals surface area contributed by atoms with Crippen LogP contribution in [-0.2, 0) is 22.9 Å². The third kappa shape index (κ3) is 2.60. The zero-order valence-corrected chi connectivity index (χ0v) is 11.5. The van der Waals surface area contributed by atoms with E-state index >= 15 is 0 Å². The van der Waals surface area contributed by atoms with Crippen LogP contribution in [0.4, 0.5) is 13.2 Å². The summed E-state index contributed by atoms with van der Waals surface area (Å²) in [6.07, 6.45) is 6.06. The molecule has 0 aromatic rings. The SMILES string of the molecule is FC(F)(F)C1=[C]([Hf][C]2=CC=CC2)CC=C1.[H-].[H-]. The van der Waals surface area contributed by atoms with Crippen molar-refractivity contribution in [2.45, 2.75) is 19.0 Å². The molecule has 0 aliphatic heterocycles. The first-order valence-corrected chi connectivity index (χ1v) is 8.26. The third-order valence-electron chi connectivity index (χ3n) is 2.32. The summed E-state index contributed by atoms with van der Waals surface area (Å²) in [5, 5.41) is 0. The van der Waals surface area contributed by atoms with E-state index in [2.05, 4.69) is 0 Å². The van der Waals surface area contributed by atoms with E-state index in [-0.39, 0.29) is 8.43 Å². The number of halogens is 3. The van der Waals surface area contributed by atoms with Gasteiger partial charge in [0.2, 0.25) is 0 Å². The number of rotatable bonds is 2. The Hall–Kier alpha value is -0.380.